The molecule has 0 aliphatic carbocycles. The molecule has 0 aliphatic heterocycles. The molecule has 2 heterocycles. The molecule has 0 saturated heterocycles. The van der Waals surface area contributed by atoms with Crippen LogP contribution in [0, 0.1) is 12.7 Å². The number of hydrogen-bond acceptors (Lipinski definition) is 3. The first kappa shape index (κ1) is 13.7. The predicted octanol–water partition coefficient (Wildman–Crippen LogP) is 5.20. The maximum atomic E-state index is 13.1. The van der Waals surface area contributed by atoms with Crippen molar-refractivity contribution in [3.05, 3.63) is 45.9 Å². The van der Waals surface area contributed by atoms with E-state index in [1.807, 2.05) is 6.92 Å². The number of thiophene rings is 1. The van der Waals surface area contributed by atoms with Crippen LogP contribution in [-0.2, 0) is 5.88 Å². The molecule has 0 spiro atoms. The van der Waals surface area contributed by atoms with E-state index < -0.39 is 0 Å². The fourth-order valence-electron chi connectivity index (χ4n) is 2.14. The average Bonchev–Trinajstić information content (AvgIpc) is 2.76. The number of aryl methyl sites for hydroxylation is 1. The lowest BCUT2D eigenvalue weighted by Crippen LogP contribution is -1.92. The largest absolute Gasteiger partial charge is 0.221 e. The van der Waals surface area contributed by atoms with Gasteiger partial charge in [-0.1, -0.05) is 23.7 Å². The number of benzene rings is 1. The topological polar surface area (TPSA) is 25.8 Å². The summed E-state index contributed by atoms with van der Waals surface area (Å²) < 4.78 is 13.1. The fraction of sp³-hybridized carbons (Fsp3) is 0.143. The smallest absolute Gasteiger partial charge is 0.146 e. The first-order valence-electron chi connectivity index (χ1n) is 5.87. The third kappa shape index (κ3) is 2.28. The normalized spacial score (nSPS) is 11.2. The predicted molar refractivity (Wildman–Crippen MR) is 82.1 cm³/mol. The summed E-state index contributed by atoms with van der Waals surface area (Å²) in [6.07, 6.45) is 0. The Morgan fingerprint density at radius 3 is 2.55 bits per heavy atom. The number of halogens is 3. The van der Waals surface area contributed by atoms with Crippen LogP contribution in [0.15, 0.2) is 24.3 Å². The highest BCUT2D eigenvalue weighted by molar-refractivity contribution is 7.19. The van der Waals surface area contributed by atoms with Gasteiger partial charge < -0.3 is 0 Å². The van der Waals surface area contributed by atoms with E-state index >= 15 is 0 Å². The summed E-state index contributed by atoms with van der Waals surface area (Å²) in [5.74, 6) is 0.465. The Balaban J connectivity index is 2.30. The Kier molecular flexibility index (Phi) is 3.63. The van der Waals surface area contributed by atoms with Gasteiger partial charge in [0, 0.05) is 10.4 Å². The molecule has 2 aromatic heterocycles. The summed E-state index contributed by atoms with van der Waals surface area (Å²) in [5, 5.41) is 1.18. The SMILES string of the molecule is Cc1sc2nc(CCl)nc(Cl)c2c1-c1ccc(F)cc1. The van der Waals surface area contributed by atoms with E-state index in [2.05, 4.69) is 9.97 Å². The lowest BCUT2D eigenvalue weighted by molar-refractivity contribution is 0.628. The van der Waals surface area contributed by atoms with Crippen LogP contribution >= 0.6 is 34.5 Å². The van der Waals surface area contributed by atoms with Crippen LogP contribution in [0.3, 0.4) is 0 Å². The lowest BCUT2D eigenvalue weighted by atomic mass is 10.0. The minimum atomic E-state index is -0.266. The summed E-state index contributed by atoms with van der Waals surface area (Å²) in [7, 11) is 0. The minimum absolute atomic E-state index is 0.221. The zero-order chi connectivity index (χ0) is 14.3. The second-order valence-electron chi connectivity index (χ2n) is 4.28. The van der Waals surface area contributed by atoms with Crippen LogP contribution in [0.5, 0.6) is 0 Å². The van der Waals surface area contributed by atoms with Crippen molar-refractivity contribution in [2.45, 2.75) is 12.8 Å². The van der Waals surface area contributed by atoms with Gasteiger partial charge in [0.05, 0.1) is 11.3 Å². The van der Waals surface area contributed by atoms with E-state index in [0.717, 1.165) is 26.2 Å². The molecule has 0 bridgehead atoms. The molecule has 0 unspecified atom stereocenters. The summed E-state index contributed by atoms with van der Waals surface area (Å²) in [5.41, 5.74) is 1.86. The highest BCUT2D eigenvalue weighted by Crippen LogP contribution is 2.40. The Bertz CT molecular complexity index is 784. The van der Waals surface area contributed by atoms with Gasteiger partial charge in [-0.2, -0.15) is 0 Å². The molecule has 3 aromatic rings. The van der Waals surface area contributed by atoms with Gasteiger partial charge >= 0.3 is 0 Å². The summed E-state index contributed by atoms with van der Waals surface area (Å²) >= 11 is 13.6. The lowest BCUT2D eigenvalue weighted by Gasteiger charge is -2.03. The Hall–Kier alpha value is -1.23. The molecule has 102 valence electrons. The third-order valence-corrected chi connectivity index (χ3v) is 4.49. The highest BCUT2D eigenvalue weighted by atomic mass is 35.5. The van der Waals surface area contributed by atoms with Crippen LogP contribution in [0.25, 0.3) is 21.3 Å². The summed E-state index contributed by atoms with van der Waals surface area (Å²) in [6.45, 7) is 1.99. The van der Waals surface area contributed by atoms with Gasteiger partial charge in [0.15, 0.2) is 0 Å². The van der Waals surface area contributed by atoms with Crippen molar-refractivity contribution in [3.8, 4) is 11.1 Å². The standard InChI is InChI=1S/C14H9Cl2FN2S/c1-7-11(8-2-4-9(17)5-3-8)12-13(16)18-10(6-15)19-14(12)20-7/h2-5H,6H2,1H3. The van der Waals surface area contributed by atoms with Crippen molar-refractivity contribution in [3.63, 3.8) is 0 Å². The molecule has 0 radical (unpaired) electrons. The molecule has 0 N–H and O–H groups in total. The third-order valence-electron chi connectivity index (χ3n) is 2.98. The highest BCUT2D eigenvalue weighted by Gasteiger charge is 2.17. The Labute approximate surface area is 129 Å². The first-order chi connectivity index (χ1) is 9.60. The average molecular weight is 327 g/mol. The van der Waals surface area contributed by atoms with Crippen molar-refractivity contribution in [2.75, 3.05) is 0 Å². The number of nitrogens with zero attached hydrogens (tertiary/aromatic N) is 2. The zero-order valence-electron chi connectivity index (χ0n) is 10.5. The molecular weight excluding hydrogens is 318 g/mol. The molecule has 0 aliphatic rings. The molecule has 20 heavy (non-hydrogen) atoms. The van der Waals surface area contributed by atoms with Gasteiger partial charge in [-0.15, -0.1) is 22.9 Å². The van der Waals surface area contributed by atoms with E-state index in [9.17, 15) is 4.39 Å². The molecule has 3 rings (SSSR count). The molecule has 6 heteroatoms. The minimum Gasteiger partial charge on any atom is -0.221 e. The van der Waals surface area contributed by atoms with Crippen LogP contribution < -0.4 is 0 Å². The number of hydrogen-bond donors (Lipinski definition) is 0. The maximum Gasteiger partial charge on any atom is 0.146 e. The van der Waals surface area contributed by atoms with Crippen molar-refractivity contribution >= 4 is 44.8 Å². The van der Waals surface area contributed by atoms with Gasteiger partial charge in [0.25, 0.3) is 0 Å². The van der Waals surface area contributed by atoms with Gasteiger partial charge in [0.1, 0.15) is 21.6 Å². The van der Waals surface area contributed by atoms with Crippen molar-refractivity contribution < 1.29 is 4.39 Å². The zero-order valence-corrected chi connectivity index (χ0v) is 12.8. The molecule has 0 saturated carbocycles. The molecule has 0 atom stereocenters. The Morgan fingerprint density at radius 1 is 1.20 bits per heavy atom. The molecule has 0 amide bonds. The van der Waals surface area contributed by atoms with Crippen LogP contribution in [-0.4, -0.2) is 9.97 Å². The molecular formula is C14H9Cl2FN2S. The number of aromatic nitrogens is 2. The van der Waals surface area contributed by atoms with Crippen LogP contribution in [0.2, 0.25) is 5.15 Å². The maximum absolute atomic E-state index is 13.1. The van der Waals surface area contributed by atoms with E-state index in [-0.39, 0.29) is 11.7 Å². The van der Waals surface area contributed by atoms with Crippen LogP contribution in [0.1, 0.15) is 10.7 Å². The van der Waals surface area contributed by atoms with Crippen molar-refractivity contribution in [2.24, 2.45) is 0 Å². The van der Waals surface area contributed by atoms with Gasteiger partial charge in [-0.05, 0) is 24.6 Å². The molecule has 2 nitrogen and oxygen atoms in total. The molecule has 1 aromatic carbocycles. The second-order valence-corrected chi connectivity index (χ2v) is 6.11. The second kappa shape index (κ2) is 5.28. The van der Waals surface area contributed by atoms with E-state index in [0.29, 0.717) is 11.0 Å². The molecule has 0 fully saturated rings. The van der Waals surface area contributed by atoms with Crippen LogP contribution in [0.4, 0.5) is 4.39 Å². The van der Waals surface area contributed by atoms with Gasteiger partial charge in [-0.3, -0.25) is 0 Å². The van der Waals surface area contributed by atoms with E-state index in [1.54, 1.807) is 12.1 Å². The number of rotatable bonds is 2. The quantitative estimate of drug-likeness (QED) is 0.478. The van der Waals surface area contributed by atoms with Crippen molar-refractivity contribution in [1.82, 2.24) is 9.97 Å². The van der Waals surface area contributed by atoms with Gasteiger partial charge in [-0.25, -0.2) is 14.4 Å². The monoisotopic (exact) mass is 326 g/mol. The summed E-state index contributed by atoms with van der Waals surface area (Å²) in [4.78, 5) is 10.5. The number of fused-ring (bicyclic) bond motifs is 1. The fourth-order valence-corrected chi connectivity index (χ4v) is 3.66. The first-order valence-corrected chi connectivity index (χ1v) is 7.60. The van der Waals surface area contributed by atoms with Crippen molar-refractivity contribution in [1.29, 1.82) is 0 Å². The summed E-state index contributed by atoms with van der Waals surface area (Å²) in [6, 6.07) is 6.32. The van der Waals surface area contributed by atoms with E-state index in [1.165, 1.54) is 23.5 Å². The van der Waals surface area contributed by atoms with E-state index in [4.69, 9.17) is 23.2 Å². The van der Waals surface area contributed by atoms with Gasteiger partial charge in [0.2, 0.25) is 0 Å². The number of alkyl halides is 1. The Morgan fingerprint density at radius 2 is 1.90 bits per heavy atom.